The summed E-state index contributed by atoms with van der Waals surface area (Å²) in [7, 11) is 0. The van der Waals surface area contributed by atoms with Crippen molar-refractivity contribution in [3.05, 3.63) is 29.8 Å². The van der Waals surface area contributed by atoms with Crippen LogP contribution in [0.5, 0.6) is 0 Å². The van der Waals surface area contributed by atoms with E-state index in [0.29, 0.717) is 23.2 Å². The van der Waals surface area contributed by atoms with Gasteiger partial charge in [0.25, 0.3) is 5.91 Å². The Morgan fingerprint density at radius 1 is 1.35 bits per heavy atom. The molecule has 1 amide bonds. The third kappa shape index (κ3) is 2.58. The van der Waals surface area contributed by atoms with Gasteiger partial charge in [0.2, 0.25) is 0 Å². The van der Waals surface area contributed by atoms with Gasteiger partial charge in [-0.1, -0.05) is 25.5 Å². The summed E-state index contributed by atoms with van der Waals surface area (Å²) in [4.78, 5) is 12.1. The minimum atomic E-state index is -0.0442. The molecule has 1 fully saturated rings. The molecule has 0 heterocycles. The Morgan fingerprint density at radius 3 is 2.76 bits per heavy atom. The summed E-state index contributed by atoms with van der Waals surface area (Å²) in [6.07, 6.45) is 3.47. The predicted molar refractivity (Wildman–Crippen MR) is 68.5 cm³/mol. The molecule has 0 bridgehead atoms. The molecular formula is C13H19N3O. The Balaban J connectivity index is 2.09. The molecule has 92 valence electrons. The Kier molecular flexibility index (Phi) is 3.64. The SMILES string of the molecule is CC1CCCC1NC(=O)c1ccccc1NN. The zero-order valence-corrected chi connectivity index (χ0v) is 10.1. The van der Waals surface area contributed by atoms with Crippen molar-refractivity contribution in [2.24, 2.45) is 11.8 Å². The Morgan fingerprint density at radius 2 is 2.12 bits per heavy atom. The highest BCUT2D eigenvalue weighted by Gasteiger charge is 2.25. The molecule has 2 rings (SSSR count). The van der Waals surface area contributed by atoms with Gasteiger partial charge < -0.3 is 10.7 Å². The van der Waals surface area contributed by atoms with Crippen LogP contribution in [0.3, 0.4) is 0 Å². The van der Waals surface area contributed by atoms with E-state index < -0.39 is 0 Å². The highest BCUT2D eigenvalue weighted by Crippen LogP contribution is 2.25. The van der Waals surface area contributed by atoms with Crippen LogP contribution in [0.4, 0.5) is 5.69 Å². The Hall–Kier alpha value is -1.55. The minimum Gasteiger partial charge on any atom is -0.349 e. The first kappa shape index (κ1) is 11.9. The summed E-state index contributed by atoms with van der Waals surface area (Å²) >= 11 is 0. The van der Waals surface area contributed by atoms with Crippen LogP contribution in [0.2, 0.25) is 0 Å². The van der Waals surface area contributed by atoms with Crippen LogP contribution in [0, 0.1) is 5.92 Å². The fourth-order valence-corrected chi connectivity index (χ4v) is 2.41. The average Bonchev–Trinajstić information content (AvgIpc) is 2.75. The maximum absolute atomic E-state index is 12.1. The lowest BCUT2D eigenvalue weighted by Gasteiger charge is -2.18. The zero-order valence-electron chi connectivity index (χ0n) is 10.1. The smallest absolute Gasteiger partial charge is 0.253 e. The second kappa shape index (κ2) is 5.19. The zero-order chi connectivity index (χ0) is 12.3. The second-order valence-electron chi connectivity index (χ2n) is 4.68. The molecule has 2 atom stereocenters. The van der Waals surface area contributed by atoms with E-state index in [2.05, 4.69) is 17.7 Å². The molecular weight excluding hydrogens is 214 g/mol. The van der Waals surface area contributed by atoms with E-state index in [1.807, 2.05) is 12.1 Å². The van der Waals surface area contributed by atoms with Crippen molar-refractivity contribution in [1.82, 2.24) is 5.32 Å². The summed E-state index contributed by atoms with van der Waals surface area (Å²) in [5, 5.41) is 3.09. The molecule has 1 aliphatic carbocycles. The third-order valence-electron chi connectivity index (χ3n) is 3.51. The predicted octanol–water partition coefficient (Wildman–Crippen LogP) is 1.89. The molecule has 4 N–H and O–H groups in total. The number of para-hydroxylation sites is 1. The number of nitrogens with two attached hydrogens (primary N) is 1. The molecule has 1 aromatic rings. The highest BCUT2D eigenvalue weighted by molar-refractivity contribution is 5.99. The summed E-state index contributed by atoms with van der Waals surface area (Å²) in [6, 6.07) is 7.57. The van der Waals surface area contributed by atoms with E-state index in [9.17, 15) is 4.79 Å². The lowest BCUT2D eigenvalue weighted by molar-refractivity contribution is 0.0930. The molecule has 2 unspecified atom stereocenters. The molecule has 17 heavy (non-hydrogen) atoms. The maximum atomic E-state index is 12.1. The first-order valence-electron chi connectivity index (χ1n) is 6.09. The van der Waals surface area contributed by atoms with Crippen molar-refractivity contribution in [1.29, 1.82) is 0 Å². The van der Waals surface area contributed by atoms with Crippen LogP contribution in [-0.2, 0) is 0 Å². The van der Waals surface area contributed by atoms with E-state index in [4.69, 9.17) is 5.84 Å². The summed E-state index contributed by atoms with van der Waals surface area (Å²) < 4.78 is 0. The number of hydrazine groups is 1. The number of amides is 1. The standard InChI is InChI=1S/C13H19N3O/c1-9-5-4-8-11(9)15-13(17)10-6-2-3-7-12(10)16-14/h2-3,6-7,9,11,16H,4-5,8,14H2,1H3,(H,15,17). The molecule has 1 aliphatic rings. The number of nitrogens with one attached hydrogen (secondary N) is 2. The maximum Gasteiger partial charge on any atom is 0.253 e. The molecule has 0 aromatic heterocycles. The van der Waals surface area contributed by atoms with Crippen LogP contribution < -0.4 is 16.6 Å². The van der Waals surface area contributed by atoms with Gasteiger partial charge >= 0.3 is 0 Å². The quantitative estimate of drug-likeness (QED) is 0.551. The van der Waals surface area contributed by atoms with Crippen LogP contribution in [0.25, 0.3) is 0 Å². The van der Waals surface area contributed by atoms with Crippen molar-refractivity contribution in [3.8, 4) is 0 Å². The molecule has 1 aromatic carbocycles. The second-order valence-corrected chi connectivity index (χ2v) is 4.68. The highest BCUT2D eigenvalue weighted by atomic mass is 16.1. The summed E-state index contributed by atoms with van der Waals surface area (Å²) in [5.41, 5.74) is 3.82. The van der Waals surface area contributed by atoms with E-state index in [-0.39, 0.29) is 5.91 Å². The first-order chi connectivity index (χ1) is 8.22. The van der Waals surface area contributed by atoms with E-state index in [1.54, 1.807) is 12.1 Å². The average molecular weight is 233 g/mol. The van der Waals surface area contributed by atoms with Gasteiger partial charge in [0.1, 0.15) is 0 Å². The van der Waals surface area contributed by atoms with Gasteiger partial charge in [-0.3, -0.25) is 10.6 Å². The molecule has 4 nitrogen and oxygen atoms in total. The van der Waals surface area contributed by atoms with E-state index in [1.165, 1.54) is 12.8 Å². The van der Waals surface area contributed by atoms with Crippen molar-refractivity contribution >= 4 is 11.6 Å². The number of hydrogen-bond acceptors (Lipinski definition) is 3. The molecule has 0 aliphatic heterocycles. The number of hydrogen-bond donors (Lipinski definition) is 3. The molecule has 4 heteroatoms. The van der Waals surface area contributed by atoms with Crippen LogP contribution in [0.15, 0.2) is 24.3 Å². The lowest BCUT2D eigenvalue weighted by Crippen LogP contribution is -2.36. The van der Waals surface area contributed by atoms with Gasteiger partial charge in [-0.2, -0.15) is 0 Å². The number of carbonyl (C=O) groups excluding carboxylic acids is 1. The number of rotatable bonds is 3. The number of carbonyl (C=O) groups is 1. The fraction of sp³-hybridized carbons (Fsp3) is 0.462. The van der Waals surface area contributed by atoms with E-state index in [0.717, 1.165) is 6.42 Å². The Bertz CT molecular complexity index is 405. The molecule has 0 saturated heterocycles. The van der Waals surface area contributed by atoms with Gasteiger partial charge in [0.05, 0.1) is 11.3 Å². The number of benzene rings is 1. The summed E-state index contributed by atoms with van der Waals surface area (Å²) in [5.74, 6) is 5.92. The minimum absolute atomic E-state index is 0.0442. The monoisotopic (exact) mass is 233 g/mol. The number of anilines is 1. The molecule has 1 saturated carbocycles. The van der Waals surface area contributed by atoms with Gasteiger partial charge in [0, 0.05) is 6.04 Å². The van der Waals surface area contributed by atoms with Crippen molar-refractivity contribution in [2.45, 2.75) is 32.2 Å². The van der Waals surface area contributed by atoms with Gasteiger partial charge in [-0.05, 0) is 30.9 Å². The van der Waals surface area contributed by atoms with Crippen molar-refractivity contribution < 1.29 is 4.79 Å². The van der Waals surface area contributed by atoms with Crippen molar-refractivity contribution in [3.63, 3.8) is 0 Å². The fourth-order valence-electron chi connectivity index (χ4n) is 2.41. The van der Waals surface area contributed by atoms with Crippen LogP contribution in [0.1, 0.15) is 36.5 Å². The lowest BCUT2D eigenvalue weighted by atomic mass is 10.1. The van der Waals surface area contributed by atoms with E-state index >= 15 is 0 Å². The largest absolute Gasteiger partial charge is 0.349 e. The number of nitrogen functional groups attached to an aromatic ring is 1. The molecule has 0 radical (unpaired) electrons. The van der Waals surface area contributed by atoms with Crippen molar-refractivity contribution in [2.75, 3.05) is 5.43 Å². The van der Waals surface area contributed by atoms with Gasteiger partial charge in [-0.15, -0.1) is 0 Å². The topological polar surface area (TPSA) is 67.2 Å². The van der Waals surface area contributed by atoms with Gasteiger partial charge in [-0.25, -0.2) is 0 Å². The Labute approximate surface area is 102 Å². The first-order valence-corrected chi connectivity index (χ1v) is 6.09. The van der Waals surface area contributed by atoms with Crippen LogP contribution in [-0.4, -0.2) is 11.9 Å². The summed E-state index contributed by atoms with van der Waals surface area (Å²) in [6.45, 7) is 2.19. The van der Waals surface area contributed by atoms with Crippen LogP contribution >= 0.6 is 0 Å². The van der Waals surface area contributed by atoms with Gasteiger partial charge in [0.15, 0.2) is 0 Å². The normalized spacial score (nSPS) is 23.4. The molecule has 0 spiro atoms. The third-order valence-corrected chi connectivity index (χ3v) is 3.51.